The van der Waals surface area contributed by atoms with Crippen LogP contribution in [0, 0.1) is 0 Å². The zero-order chi connectivity index (χ0) is 22.7. The summed E-state index contributed by atoms with van der Waals surface area (Å²) in [5, 5.41) is 4.50. The third kappa shape index (κ3) is 4.82. The third-order valence-electron chi connectivity index (χ3n) is 5.06. The van der Waals surface area contributed by atoms with E-state index in [1.54, 1.807) is 19.3 Å². The van der Waals surface area contributed by atoms with Gasteiger partial charge < -0.3 is 15.0 Å². The zero-order valence-electron chi connectivity index (χ0n) is 17.2. The number of carbonyl (C=O) groups excluding carboxylic acids is 2. The lowest BCUT2D eigenvalue weighted by molar-refractivity contribution is -0.128. The van der Waals surface area contributed by atoms with Gasteiger partial charge in [0.1, 0.15) is 16.6 Å². The van der Waals surface area contributed by atoms with Gasteiger partial charge in [-0.05, 0) is 41.8 Å². The molecule has 0 spiro atoms. The van der Waals surface area contributed by atoms with Crippen molar-refractivity contribution in [2.45, 2.75) is 6.42 Å². The molecular formula is C23H20ClN3O3S2. The molecule has 2 aromatic carbocycles. The minimum atomic E-state index is -0.291. The van der Waals surface area contributed by atoms with Gasteiger partial charge in [-0.2, -0.15) is 0 Å². The average Bonchev–Trinajstić information content (AvgIpc) is 3.30. The highest BCUT2D eigenvalue weighted by molar-refractivity contribution is 8.26. The van der Waals surface area contributed by atoms with Crippen molar-refractivity contribution in [1.29, 1.82) is 0 Å². The number of halogens is 1. The molecular weight excluding hydrogens is 466 g/mol. The van der Waals surface area contributed by atoms with Crippen LogP contribution >= 0.6 is 35.6 Å². The number of fused-ring (bicyclic) bond motifs is 1. The molecule has 1 fully saturated rings. The number of rotatable bonds is 7. The van der Waals surface area contributed by atoms with Crippen LogP contribution in [0.5, 0.6) is 5.75 Å². The fourth-order valence-electron chi connectivity index (χ4n) is 3.41. The summed E-state index contributed by atoms with van der Waals surface area (Å²) in [5.74, 6) is 0.230. The lowest BCUT2D eigenvalue weighted by atomic mass is 10.1. The highest BCUT2D eigenvalue weighted by atomic mass is 35.5. The van der Waals surface area contributed by atoms with Gasteiger partial charge in [-0.25, -0.2) is 0 Å². The number of ether oxygens (including phenoxy) is 1. The van der Waals surface area contributed by atoms with E-state index in [-0.39, 0.29) is 18.4 Å². The van der Waals surface area contributed by atoms with E-state index in [1.807, 2.05) is 42.6 Å². The molecule has 6 nitrogen and oxygen atoms in total. The van der Waals surface area contributed by atoms with Gasteiger partial charge in [-0.15, -0.1) is 0 Å². The van der Waals surface area contributed by atoms with E-state index >= 15 is 0 Å². The van der Waals surface area contributed by atoms with Crippen LogP contribution in [0.1, 0.15) is 11.1 Å². The summed E-state index contributed by atoms with van der Waals surface area (Å²) >= 11 is 12.7. The molecule has 0 saturated carbocycles. The molecule has 0 radical (unpaired) electrons. The smallest absolute Gasteiger partial charge is 0.266 e. The highest BCUT2D eigenvalue weighted by Gasteiger charge is 2.33. The number of hydrogen-bond acceptors (Lipinski definition) is 5. The predicted octanol–water partition coefficient (Wildman–Crippen LogP) is 4.39. The van der Waals surface area contributed by atoms with Crippen molar-refractivity contribution in [1.82, 2.24) is 15.2 Å². The van der Waals surface area contributed by atoms with Crippen molar-refractivity contribution < 1.29 is 14.3 Å². The molecule has 0 bridgehead atoms. The molecule has 1 aromatic heterocycles. The summed E-state index contributed by atoms with van der Waals surface area (Å²) in [5.41, 5.74) is 2.81. The molecule has 2 amide bonds. The maximum absolute atomic E-state index is 12.7. The quantitative estimate of drug-likeness (QED) is 0.383. The number of thiocarbonyl (C=S) groups is 1. The topological polar surface area (TPSA) is 74.4 Å². The van der Waals surface area contributed by atoms with Gasteiger partial charge in [0.05, 0.1) is 12.0 Å². The maximum atomic E-state index is 12.7. The van der Waals surface area contributed by atoms with Crippen LogP contribution in [0.3, 0.4) is 0 Å². The standard InChI is InChI=1S/C23H20ClN3O3S2/c1-30-16-6-7-17-15(12-26-19(17)11-16)8-9-25-21(28)13-27-22(29)20(32-23(27)31)10-14-4-2-3-5-18(14)24/h2-7,10-12,26H,8-9,13H2,1H3,(H,25,28)/b20-10+. The molecule has 0 aliphatic carbocycles. The van der Waals surface area contributed by atoms with E-state index in [9.17, 15) is 9.59 Å². The predicted molar refractivity (Wildman–Crippen MR) is 133 cm³/mol. The Morgan fingerprint density at radius 1 is 1.31 bits per heavy atom. The van der Waals surface area contributed by atoms with Crippen molar-refractivity contribution in [3.8, 4) is 5.75 Å². The number of hydrogen-bond donors (Lipinski definition) is 2. The zero-order valence-corrected chi connectivity index (χ0v) is 19.6. The Hall–Kier alpha value is -2.81. The van der Waals surface area contributed by atoms with Crippen molar-refractivity contribution in [2.75, 3.05) is 20.2 Å². The first-order valence-electron chi connectivity index (χ1n) is 9.87. The first-order chi connectivity index (χ1) is 15.5. The minimum Gasteiger partial charge on any atom is -0.497 e. The largest absolute Gasteiger partial charge is 0.497 e. The number of carbonyl (C=O) groups is 2. The molecule has 1 aliphatic heterocycles. The second kappa shape index (κ2) is 9.77. The average molecular weight is 486 g/mol. The van der Waals surface area contributed by atoms with Crippen LogP contribution in [0.4, 0.5) is 0 Å². The van der Waals surface area contributed by atoms with Crippen molar-refractivity contribution in [2.24, 2.45) is 0 Å². The molecule has 0 unspecified atom stereocenters. The summed E-state index contributed by atoms with van der Waals surface area (Å²) < 4.78 is 5.60. The van der Waals surface area contributed by atoms with E-state index in [0.29, 0.717) is 27.2 Å². The SMILES string of the molecule is COc1ccc2c(CCNC(=O)CN3C(=O)/C(=C\c4ccccc4Cl)SC3=S)c[nH]c2c1. The Labute approximate surface area is 199 Å². The van der Waals surface area contributed by atoms with Gasteiger partial charge in [0.15, 0.2) is 0 Å². The molecule has 1 saturated heterocycles. The summed E-state index contributed by atoms with van der Waals surface area (Å²) in [6.07, 6.45) is 4.28. The summed E-state index contributed by atoms with van der Waals surface area (Å²) in [4.78, 5) is 30.2. The number of nitrogens with one attached hydrogen (secondary N) is 2. The molecule has 164 valence electrons. The summed E-state index contributed by atoms with van der Waals surface area (Å²) in [6, 6.07) is 13.1. The maximum Gasteiger partial charge on any atom is 0.266 e. The highest BCUT2D eigenvalue weighted by Crippen LogP contribution is 2.33. The van der Waals surface area contributed by atoms with Crippen molar-refractivity contribution in [3.63, 3.8) is 0 Å². The van der Waals surface area contributed by atoms with Gasteiger partial charge in [0.25, 0.3) is 5.91 Å². The van der Waals surface area contributed by atoms with Gasteiger partial charge in [0, 0.05) is 34.7 Å². The van der Waals surface area contributed by atoms with Gasteiger partial charge >= 0.3 is 0 Å². The number of amides is 2. The Morgan fingerprint density at radius 2 is 2.12 bits per heavy atom. The van der Waals surface area contributed by atoms with E-state index < -0.39 is 0 Å². The number of methoxy groups -OCH3 is 1. The third-order valence-corrected chi connectivity index (χ3v) is 6.78. The Bertz CT molecular complexity index is 1240. The summed E-state index contributed by atoms with van der Waals surface area (Å²) in [6.45, 7) is 0.331. The first-order valence-corrected chi connectivity index (χ1v) is 11.5. The number of benzene rings is 2. The Kier molecular flexibility index (Phi) is 6.83. The molecule has 4 rings (SSSR count). The van der Waals surface area contributed by atoms with Crippen molar-refractivity contribution >= 4 is 68.7 Å². The van der Waals surface area contributed by atoms with Gasteiger partial charge in [0.2, 0.25) is 5.91 Å². The molecule has 32 heavy (non-hydrogen) atoms. The molecule has 0 atom stereocenters. The number of thioether (sulfide) groups is 1. The van der Waals surface area contributed by atoms with E-state index in [4.69, 9.17) is 28.6 Å². The summed E-state index contributed by atoms with van der Waals surface area (Å²) in [7, 11) is 1.63. The molecule has 2 N–H and O–H groups in total. The number of H-pyrrole nitrogens is 1. The second-order valence-corrected chi connectivity index (χ2v) is 9.20. The van der Waals surface area contributed by atoms with E-state index in [1.165, 1.54) is 16.7 Å². The Morgan fingerprint density at radius 3 is 2.91 bits per heavy atom. The second-order valence-electron chi connectivity index (χ2n) is 7.11. The van der Waals surface area contributed by atoms with Crippen LogP contribution in [0.15, 0.2) is 53.6 Å². The molecule has 3 aromatic rings. The Balaban J connectivity index is 1.34. The van der Waals surface area contributed by atoms with Crippen LogP contribution in [-0.4, -0.2) is 46.2 Å². The van der Waals surface area contributed by atoms with Gasteiger partial charge in [-0.3, -0.25) is 14.5 Å². The molecule has 1 aliphatic rings. The van der Waals surface area contributed by atoms with Crippen LogP contribution in [-0.2, 0) is 16.0 Å². The fourth-order valence-corrected chi connectivity index (χ4v) is 4.84. The molecule has 2 heterocycles. The number of aromatic amines is 1. The number of aromatic nitrogens is 1. The van der Waals surface area contributed by atoms with Crippen LogP contribution in [0.25, 0.3) is 17.0 Å². The molecule has 9 heteroatoms. The lowest BCUT2D eigenvalue weighted by Gasteiger charge is -2.14. The first kappa shape index (κ1) is 22.4. The fraction of sp³-hybridized carbons (Fsp3) is 0.174. The normalized spacial score (nSPS) is 15.1. The van der Waals surface area contributed by atoms with Gasteiger partial charge in [-0.1, -0.05) is 53.8 Å². The van der Waals surface area contributed by atoms with E-state index in [0.717, 1.165) is 27.8 Å². The minimum absolute atomic E-state index is 0.115. The monoisotopic (exact) mass is 485 g/mol. The van der Waals surface area contributed by atoms with Crippen molar-refractivity contribution in [3.05, 3.63) is 69.7 Å². The van der Waals surface area contributed by atoms with Crippen LogP contribution < -0.4 is 10.1 Å². The van der Waals surface area contributed by atoms with Crippen LogP contribution in [0.2, 0.25) is 5.02 Å². The lowest BCUT2D eigenvalue weighted by Crippen LogP contribution is -2.40. The number of nitrogens with zero attached hydrogens (tertiary/aromatic N) is 1. The van der Waals surface area contributed by atoms with E-state index in [2.05, 4.69) is 10.3 Å².